The van der Waals surface area contributed by atoms with E-state index >= 15 is 0 Å². The molecule has 206 valence electrons. The third-order valence-corrected chi connectivity index (χ3v) is 7.25. The first-order valence-electron chi connectivity index (χ1n) is 13.8. The van der Waals surface area contributed by atoms with E-state index in [0.717, 1.165) is 55.4 Å². The third-order valence-electron chi connectivity index (χ3n) is 7.25. The molecular formula is C30H41N3O5. The highest BCUT2D eigenvalue weighted by molar-refractivity contribution is 5.91. The molecule has 0 spiro atoms. The Morgan fingerprint density at radius 2 is 1.82 bits per heavy atom. The molecule has 0 bridgehead atoms. The Balaban J connectivity index is 1.77. The topological polar surface area (TPSA) is 110 Å². The number of urea groups is 1. The minimum absolute atomic E-state index is 0.131. The van der Waals surface area contributed by atoms with Crippen molar-refractivity contribution >= 4 is 17.8 Å². The van der Waals surface area contributed by atoms with E-state index in [4.69, 9.17) is 14.5 Å². The second-order valence-electron chi connectivity index (χ2n) is 11.5. The number of carboxylic acids is 1. The number of nitrogens with zero attached hydrogens (tertiary/aromatic N) is 1. The van der Waals surface area contributed by atoms with Crippen molar-refractivity contribution in [3.05, 3.63) is 40.6 Å². The van der Waals surface area contributed by atoms with Crippen molar-refractivity contribution in [2.24, 2.45) is 0 Å². The molecule has 1 saturated carbocycles. The number of rotatable bonds is 6. The Labute approximate surface area is 225 Å². The fraction of sp³-hybridized carbons (Fsp3) is 0.567. The van der Waals surface area contributed by atoms with Gasteiger partial charge in [-0.3, -0.25) is 5.32 Å². The predicted octanol–water partition coefficient (Wildman–Crippen LogP) is 6.48. The zero-order chi connectivity index (χ0) is 27.4. The summed E-state index contributed by atoms with van der Waals surface area (Å²) in [5, 5.41) is 16.3. The number of anilines is 1. The second-order valence-corrected chi connectivity index (χ2v) is 11.5. The summed E-state index contributed by atoms with van der Waals surface area (Å²) in [5.41, 5.74) is 3.64. The lowest BCUT2D eigenvalue weighted by Crippen LogP contribution is -2.38. The van der Waals surface area contributed by atoms with Crippen LogP contribution in [-0.4, -0.2) is 40.3 Å². The summed E-state index contributed by atoms with van der Waals surface area (Å²) in [6.07, 6.45) is 7.12. The monoisotopic (exact) mass is 523 g/mol. The molecule has 1 unspecified atom stereocenters. The van der Waals surface area contributed by atoms with Crippen molar-refractivity contribution in [1.82, 2.24) is 10.3 Å². The minimum Gasteiger partial charge on any atom is -0.493 e. The van der Waals surface area contributed by atoms with E-state index < -0.39 is 17.7 Å². The summed E-state index contributed by atoms with van der Waals surface area (Å²) in [6.45, 7) is 9.85. The van der Waals surface area contributed by atoms with Crippen LogP contribution in [0.25, 0.3) is 11.1 Å². The van der Waals surface area contributed by atoms with Gasteiger partial charge in [-0.25, -0.2) is 14.6 Å². The molecule has 3 N–H and O–H groups in total. The summed E-state index contributed by atoms with van der Waals surface area (Å²) in [7, 11) is 0. The van der Waals surface area contributed by atoms with Crippen LogP contribution in [0.1, 0.15) is 94.2 Å². The van der Waals surface area contributed by atoms with Crippen molar-refractivity contribution in [1.29, 1.82) is 0 Å². The van der Waals surface area contributed by atoms with Gasteiger partial charge in [0.1, 0.15) is 11.6 Å². The Morgan fingerprint density at radius 3 is 2.47 bits per heavy atom. The highest BCUT2D eigenvalue weighted by Crippen LogP contribution is 2.41. The summed E-state index contributed by atoms with van der Waals surface area (Å²) in [6, 6.07) is 5.75. The summed E-state index contributed by atoms with van der Waals surface area (Å²) in [4.78, 5) is 30.4. The summed E-state index contributed by atoms with van der Waals surface area (Å²) < 4.78 is 11.9. The Kier molecular flexibility index (Phi) is 8.61. The number of aliphatic carboxylic acids is 1. The molecular weight excluding hydrogens is 482 g/mol. The van der Waals surface area contributed by atoms with E-state index in [1.54, 1.807) is 6.92 Å². The van der Waals surface area contributed by atoms with Crippen LogP contribution in [0.3, 0.4) is 0 Å². The maximum absolute atomic E-state index is 13.0. The Morgan fingerprint density at radius 1 is 1.11 bits per heavy atom. The predicted molar refractivity (Wildman–Crippen MR) is 148 cm³/mol. The molecule has 1 aliphatic carbocycles. The van der Waals surface area contributed by atoms with Gasteiger partial charge in [-0.05, 0) is 89.1 Å². The van der Waals surface area contributed by atoms with Gasteiger partial charge in [0.2, 0.25) is 0 Å². The van der Waals surface area contributed by atoms with Crippen LogP contribution in [0.15, 0.2) is 18.2 Å². The molecule has 2 amide bonds. The Bertz CT molecular complexity index is 1180. The number of carbonyl (C=O) groups is 2. The van der Waals surface area contributed by atoms with Crippen molar-refractivity contribution in [2.75, 3.05) is 11.9 Å². The van der Waals surface area contributed by atoms with Crippen molar-refractivity contribution in [3.8, 4) is 16.9 Å². The molecule has 0 radical (unpaired) electrons. The van der Waals surface area contributed by atoms with Gasteiger partial charge in [0.15, 0.2) is 6.10 Å². The maximum Gasteiger partial charge on any atom is 0.337 e. The van der Waals surface area contributed by atoms with Crippen LogP contribution >= 0.6 is 0 Å². The molecule has 1 atom stereocenters. The number of fused-ring (bicyclic) bond motifs is 1. The lowest BCUT2D eigenvalue weighted by atomic mass is 9.89. The number of pyridine rings is 1. The molecule has 38 heavy (non-hydrogen) atoms. The van der Waals surface area contributed by atoms with Crippen molar-refractivity contribution in [2.45, 2.75) is 104 Å². The molecule has 4 rings (SSSR count). The number of aryl methyl sites for hydroxylation is 2. The van der Waals surface area contributed by atoms with Gasteiger partial charge in [-0.1, -0.05) is 31.7 Å². The van der Waals surface area contributed by atoms with E-state index in [1.807, 2.05) is 39.8 Å². The molecule has 0 saturated heterocycles. The molecule has 2 aliphatic rings. The molecule has 1 aromatic heterocycles. The van der Waals surface area contributed by atoms with Crippen LogP contribution in [-0.2, 0) is 16.0 Å². The minimum atomic E-state index is -1.25. The van der Waals surface area contributed by atoms with Crippen LogP contribution in [0, 0.1) is 13.8 Å². The van der Waals surface area contributed by atoms with Gasteiger partial charge in [0, 0.05) is 22.9 Å². The molecule has 2 aromatic rings. The first kappa shape index (κ1) is 27.9. The second kappa shape index (κ2) is 11.7. The van der Waals surface area contributed by atoms with Gasteiger partial charge in [-0.2, -0.15) is 0 Å². The number of aromatic nitrogens is 1. The Hall–Kier alpha value is -3.13. The normalized spacial score (nSPS) is 17.1. The zero-order valence-corrected chi connectivity index (χ0v) is 23.3. The SMILES string of the molecule is Cc1nc(NC(=O)NC2CCCCCC2)c(C)c(C(OC(C)(C)C)C(=O)O)c1-c1ccc2c(c1)CCCO2. The van der Waals surface area contributed by atoms with E-state index in [0.29, 0.717) is 34.8 Å². The highest BCUT2D eigenvalue weighted by Gasteiger charge is 2.33. The number of hydrogen-bond acceptors (Lipinski definition) is 5. The number of carbonyl (C=O) groups excluding carboxylic acids is 1. The van der Waals surface area contributed by atoms with E-state index in [1.165, 1.54) is 12.8 Å². The maximum atomic E-state index is 13.0. The zero-order valence-electron chi connectivity index (χ0n) is 23.3. The first-order chi connectivity index (χ1) is 18.0. The standard InChI is InChI=1S/C30H41N3O5/c1-18-24(26(28(34)35)38-30(3,4)5)25(21-14-15-23-20(17-21)11-10-16-37-23)19(2)31-27(18)33-29(36)32-22-12-8-6-7-9-13-22/h14-15,17,22,26H,6-13,16H2,1-5H3,(H,34,35)(H2,31,32,33,36). The number of carboxylic acid groups (broad SMARTS) is 1. The number of ether oxygens (including phenoxy) is 2. The van der Waals surface area contributed by atoms with Crippen molar-refractivity contribution in [3.63, 3.8) is 0 Å². The molecule has 8 nitrogen and oxygen atoms in total. The van der Waals surface area contributed by atoms with E-state index in [2.05, 4.69) is 16.7 Å². The number of benzene rings is 1. The molecule has 1 aromatic carbocycles. The van der Waals surface area contributed by atoms with Crippen LogP contribution in [0.5, 0.6) is 5.75 Å². The van der Waals surface area contributed by atoms with Gasteiger partial charge in [0.05, 0.1) is 12.2 Å². The molecule has 1 aliphatic heterocycles. The average Bonchev–Trinajstić information content (AvgIpc) is 3.12. The highest BCUT2D eigenvalue weighted by atomic mass is 16.5. The fourth-order valence-corrected chi connectivity index (χ4v) is 5.49. The number of amides is 2. The first-order valence-corrected chi connectivity index (χ1v) is 13.8. The van der Waals surface area contributed by atoms with E-state index in [-0.39, 0.29) is 12.1 Å². The summed E-state index contributed by atoms with van der Waals surface area (Å²) in [5.74, 6) is 0.112. The largest absolute Gasteiger partial charge is 0.493 e. The number of nitrogens with one attached hydrogen (secondary N) is 2. The van der Waals surface area contributed by atoms with Crippen molar-refractivity contribution < 1.29 is 24.2 Å². The summed E-state index contributed by atoms with van der Waals surface area (Å²) >= 11 is 0. The van der Waals surface area contributed by atoms with Crippen LogP contribution < -0.4 is 15.4 Å². The van der Waals surface area contributed by atoms with Gasteiger partial charge in [-0.15, -0.1) is 0 Å². The quantitative estimate of drug-likeness (QED) is 0.374. The van der Waals surface area contributed by atoms with Gasteiger partial charge in [0.25, 0.3) is 0 Å². The average molecular weight is 524 g/mol. The smallest absolute Gasteiger partial charge is 0.337 e. The van der Waals surface area contributed by atoms with Crippen LogP contribution in [0.4, 0.5) is 10.6 Å². The third kappa shape index (κ3) is 6.65. The van der Waals surface area contributed by atoms with Crippen LogP contribution in [0.2, 0.25) is 0 Å². The van der Waals surface area contributed by atoms with Gasteiger partial charge >= 0.3 is 12.0 Å². The molecule has 8 heteroatoms. The lowest BCUT2D eigenvalue weighted by Gasteiger charge is -2.29. The number of hydrogen-bond donors (Lipinski definition) is 3. The van der Waals surface area contributed by atoms with E-state index in [9.17, 15) is 14.7 Å². The lowest BCUT2D eigenvalue weighted by molar-refractivity contribution is -0.160. The molecule has 1 fully saturated rings. The molecule has 2 heterocycles. The van der Waals surface area contributed by atoms with Gasteiger partial charge < -0.3 is 19.9 Å². The fourth-order valence-electron chi connectivity index (χ4n) is 5.49.